The smallest absolute Gasteiger partial charge is 0.175 e. The summed E-state index contributed by atoms with van der Waals surface area (Å²) in [6.07, 6.45) is 0.466. The maximum atomic E-state index is 11.3. The maximum Gasteiger partial charge on any atom is 0.175 e. The Hall–Kier alpha value is -0.910. The number of aliphatic hydroxyl groups is 1. The van der Waals surface area contributed by atoms with Crippen molar-refractivity contribution < 1.29 is 13.5 Å². The molecule has 0 radical (unpaired) electrons. The molecule has 1 aromatic rings. The van der Waals surface area contributed by atoms with Gasteiger partial charge in [0.15, 0.2) is 9.84 Å². The summed E-state index contributed by atoms with van der Waals surface area (Å²) in [4.78, 5) is 0.232. The van der Waals surface area contributed by atoms with Crippen LogP contribution in [0.1, 0.15) is 11.7 Å². The van der Waals surface area contributed by atoms with Crippen LogP contribution in [0.5, 0.6) is 0 Å². The zero-order chi connectivity index (χ0) is 11.5. The molecule has 0 aliphatic heterocycles. The van der Waals surface area contributed by atoms with Gasteiger partial charge in [-0.1, -0.05) is 12.1 Å². The van der Waals surface area contributed by atoms with E-state index in [2.05, 4.69) is 5.32 Å². The van der Waals surface area contributed by atoms with Crippen molar-refractivity contribution >= 4 is 9.84 Å². The lowest BCUT2D eigenvalue weighted by atomic mass is 10.1. The van der Waals surface area contributed by atoms with Crippen LogP contribution in [0.2, 0.25) is 0 Å². The number of aliphatic hydroxyl groups excluding tert-OH is 1. The quantitative estimate of drug-likeness (QED) is 0.781. The minimum absolute atomic E-state index is 0.232. The third kappa shape index (κ3) is 3.30. The van der Waals surface area contributed by atoms with Gasteiger partial charge < -0.3 is 10.4 Å². The zero-order valence-corrected chi connectivity index (χ0v) is 9.58. The third-order valence-corrected chi connectivity index (χ3v) is 3.18. The molecule has 1 unspecified atom stereocenters. The van der Waals surface area contributed by atoms with Crippen LogP contribution in [0.25, 0.3) is 0 Å². The normalized spacial score (nSPS) is 13.8. The minimum atomic E-state index is -3.21. The second-order valence-corrected chi connectivity index (χ2v) is 5.43. The van der Waals surface area contributed by atoms with Crippen molar-refractivity contribution in [2.24, 2.45) is 0 Å². The number of sulfone groups is 1. The summed E-state index contributed by atoms with van der Waals surface area (Å²) >= 11 is 0. The standard InChI is InChI=1S/C10H15NO3S/c1-11-7-10(12)8-4-3-5-9(6-8)15(2,13)14/h3-6,10-12H,7H2,1-2H3. The third-order valence-electron chi connectivity index (χ3n) is 2.07. The first-order chi connectivity index (χ1) is 6.95. The van der Waals surface area contributed by atoms with Gasteiger partial charge in [-0.2, -0.15) is 0 Å². The largest absolute Gasteiger partial charge is 0.387 e. The molecular weight excluding hydrogens is 214 g/mol. The van der Waals surface area contributed by atoms with Crippen molar-refractivity contribution in [3.05, 3.63) is 29.8 Å². The number of likely N-dealkylation sites (N-methyl/N-ethyl adjacent to an activating group) is 1. The Morgan fingerprint density at radius 3 is 2.67 bits per heavy atom. The Morgan fingerprint density at radius 2 is 2.13 bits per heavy atom. The first-order valence-electron chi connectivity index (χ1n) is 4.58. The maximum absolute atomic E-state index is 11.3. The van der Waals surface area contributed by atoms with Crippen LogP contribution in [-0.2, 0) is 9.84 Å². The van der Waals surface area contributed by atoms with Crippen LogP contribution in [0.3, 0.4) is 0 Å². The number of hydrogen-bond donors (Lipinski definition) is 2. The lowest BCUT2D eigenvalue weighted by Gasteiger charge is -2.10. The molecule has 0 aromatic heterocycles. The van der Waals surface area contributed by atoms with Gasteiger partial charge >= 0.3 is 0 Å². The Balaban J connectivity index is 3.03. The zero-order valence-electron chi connectivity index (χ0n) is 8.77. The van der Waals surface area contributed by atoms with E-state index in [4.69, 9.17) is 0 Å². The highest BCUT2D eigenvalue weighted by atomic mass is 32.2. The lowest BCUT2D eigenvalue weighted by Crippen LogP contribution is -2.16. The molecule has 0 bridgehead atoms. The first kappa shape index (κ1) is 12.2. The molecule has 84 valence electrons. The average Bonchev–Trinajstić information content (AvgIpc) is 2.17. The molecular formula is C10H15NO3S. The van der Waals surface area contributed by atoms with E-state index in [-0.39, 0.29) is 4.90 Å². The van der Waals surface area contributed by atoms with Crippen molar-refractivity contribution in [3.8, 4) is 0 Å². The van der Waals surface area contributed by atoms with Crippen molar-refractivity contribution in [2.45, 2.75) is 11.0 Å². The Bertz CT molecular complexity index is 428. The molecule has 15 heavy (non-hydrogen) atoms. The van der Waals surface area contributed by atoms with Crippen molar-refractivity contribution in [3.63, 3.8) is 0 Å². The van der Waals surface area contributed by atoms with Crippen LogP contribution in [0, 0.1) is 0 Å². The number of nitrogens with one attached hydrogen (secondary N) is 1. The van der Waals surface area contributed by atoms with E-state index >= 15 is 0 Å². The molecule has 0 aliphatic carbocycles. The summed E-state index contributed by atoms with van der Waals surface area (Å²) in [5.41, 5.74) is 0.604. The van der Waals surface area contributed by atoms with E-state index < -0.39 is 15.9 Å². The van der Waals surface area contributed by atoms with Crippen LogP contribution in [-0.4, -0.2) is 33.4 Å². The number of benzene rings is 1. The lowest BCUT2D eigenvalue weighted by molar-refractivity contribution is 0.177. The van der Waals surface area contributed by atoms with Crippen molar-refractivity contribution in [1.82, 2.24) is 5.32 Å². The Morgan fingerprint density at radius 1 is 1.47 bits per heavy atom. The predicted octanol–water partition coefficient (Wildman–Crippen LogP) is 0.343. The van der Waals surface area contributed by atoms with E-state index in [1.54, 1.807) is 19.2 Å². The molecule has 1 rings (SSSR count). The van der Waals surface area contributed by atoms with Gasteiger partial charge in [0.05, 0.1) is 11.0 Å². The van der Waals surface area contributed by atoms with Gasteiger partial charge in [0.2, 0.25) is 0 Å². The predicted molar refractivity (Wildman–Crippen MR) is 58.4 cm³/mol. The van der Waals surface area contributed by atoms with Crippen molar-refractivity contribution in [1.29, 1.82) is 0 Å². The highest BCUT2D eigenvalue weighted by Crippen LogP contribution is 2.16. The Labute approximate surface area is 89.9 Å². The van der Waals surface area contributed by atoms with E-state index in [9.17, 15) is 13.5 Å². The summed E-state index contributed by atoms with van der Waals surface area (Å²) < 4.78 is 22.5. The van der Waals surface area contributed by atoms with E-state index in [1.807, 2.05) is 0 Å². The highest BCUT2D eigenvalue weighted by molar-refractivity contribution is 7.90. The number of hydrogen-bond acceptors (Lipinski definition) is 4. The molecule has 4 nitrogen and oxygen atoms in total. The molecule has 0 fully saturated rings. The number of rotatable bonds is 4. The molecule has 5 heteroatoms. The summed E-state index contributed by atoms with van der Waals surface area (Å²) in [7, 11) is -1.48. The fourth-order valence-corrected chi connectivity index (χ4v) is 1.94. The minimum Gasteiger partial charge on any atom is -0.387 e. The highest BCUT2D eigenvalue weighted by Gasteiger charge is 2.11. The summed E-state index contributed by atoms with van der Waals surface area (Å²) in [5.74, 6) is 0. The molecule has 0 heterocycles. The Kier molecular flexibility index (Phi) is 3.84. The van der Waals surface area contributed by atoms with Gasteiger partial charge in [-0.3, -0.25) is 0 Å². The molecule has 0 amide bonds. The average molecular weight is 229 g/mol. The van der Waals surface area contributed by atoms with E-state index in [0.717, 1.165) is 6.26 Å². The fourth-order valence-electron chi connectivity index (χ4n) is 1.26. The summed E-state index contributed by atoms with van der Waals surface area (Å²) in [6, 6.07) is 6.35. The van der Waals surface area contributed by atoms with Gasteiger partial charge in [0, 0.05) is 12.8 Å². The molecule has 0 aliphatic rings. The van der Waals surface area contributed by atoms with E-state index in [1.165, 1.54) is 12.1 Å². The summed E-state index contributed by atoms with van der Waals surface area (Å²) in [5, 5.41) is 12.5. The molecule has 0 saturated carbocycles. The molecule has 0 spiro atoms. The summed E-state index contributed by atoms with van der Waals surface area (Å²) in [6.45, 7) is 0.396. The van der Waals surface area contributed by atoms with E-state index in [0.29, 0.717) is 12.1 Å². The second kappa shape index (κ2) is 4.74. The van der Waals surface area contributed by atoms with Gasteiger partial charge in [-0.25, -0.2) is 8.42 Å². The van der Waals surface area contributed by atoms with Gasteiger partial charge in [0.25, 0.3) is 0 Å². The van der Waals surface area contributed by atoms with Gasteiger partial charge in [0.1, 0.15) is 0 Å². The SMILES string of the molecule is CNCC(O)c1cccc(S(C)(=O)=O)c1. The molecule has 1 atom stereocenters. The fraction of sp³-hybridized carbons (Fsp3) is 0.400. The second-order valence-electron chi connectivity index (χ2n) is 3.42. The topological polar surface area (TPSA) is 66.4 Å². The van der Waals surface area contributed by atoms with Crippen LogP contribution >= 0.6 is 0 Å². The van der Waals surface area contributed by atoms with Crippen LogP contribution < -0.4 is 5.32 Å². The van der Waals surface area contributed by atoms with Crippen LogP contribution in [0.15, 0.2) is 29.2 Å². The first-order valence-corrected chi connectivity index (χ1v) is 6.47. The van der Waals surface area contributed by atoms with Crippen LogP contribution in [0.4, 0.5) is 0 Å². The van der Waals surface area contributed by atoms with Crippen molar-refractivity contribution in [2.75, 3.05) is 19.8 Å². The molecule has 0 saturated heterocycles. The monoisotopic (exact) mass is 229 g/mol. The van der Waals surface area contributed by atoms with Gasteiger partial charge in [-0.05, 0) is 24.7 Å². The molecule has 2 N–H and O–H groups in total. The van der Waals surface area contributed by atoms with Gasteiger partial charge in [-0.15, -0.1) is 0 Å². The molecule has 1 aromatic carbocycles.